The first kappa shape index (κ1) is 36.9. The third-order valence-corrected chi connectivity index (χ3v) is 0.167. The molecule has 0 saturated heterocycles. The van der Waals surface area contributed by atoms with E-state index in [2.05, 4.69) is 0 Å². The van der Waals surface area contributed by atoms with Crippen LogP contribution in [0.25, 0.3) is 0 Å². The van der Waals surface area contributed by atoms with Gasteiger partial charge in [0.15, 0.2) is 0 Å². The first-order chi connectivity index (χ1) is 8.84. The monoisotopic (exact) mass is 440 g/mol. The number of carboxylic acids is 4. The first-order valence-corrected chi connectivity index (χ1v) is 5.03. The maximum Gasteiger partial charge on any atom is 0.300 e. The van der Waals surface area contributed by atoms with Crippen molar-refractivity contribution < 1.29 is 81.4 Å². The largest absolute Gasteiger partial charge is 0.481 e. The SMILES string of the molecule is CC(=O)O.CC(=O)O.CC(=O)O.CC(=O)O.NCCN.[Ce]. The molecule has 0 aliphatic carbocycles. The van der Waals surface area contributed by atoms with Gasteiger partial charge in [-0.05, 0) is 0 Å². The van der Waals surface area contributed by atoms with Crippen molar-refractivity contribution >= 4 is 23.9 Å². The number of rotatable bonds is 1. The molecule has 0 aromatic heterocycles. The molecule has 0 aliphatic heterocycles. The standard InChI is InChI=1S/C2H8N2.4C2H4O2.Ce/c3-1-2-4;4*1-2(3)4;/h1-4H2;4*1H3,(H,3,4);. The van der Waals surface area contributed by atoms with Crippen molar-refractivity contribution in [3.63, 3.8) is 0 Å². The van der Waals surface area contributed by atoms with Crippen LogP contribution in [0.4, 0.5) is 0 Å². The Kier molecular flexibility index (Phi) is 64.2. The molecule has 0 atom stereocenters. The van der Waals surface area contributed by atoms with Crippen LogP contribution in [0.2, 0.25) is 0 Å². The van der Waals surface area contributed by atoms with Crippen LogP contribution < -0.4 is 11.5 Å². The Morgan fingerprint density at radius 1 is 0.619 bits per heavy atom. The fourth-order valence-electron chi connectivity index (χ4n) is 0. The Balaban J connectivity index is -0.0000000331. The Hall–Kier alpha value is -0.823. The van der Waals surface area contributed by atoms with E-state index >= 15 is 0 Å². The van der Waals surface area contributed by atoms with Crippen LogP contribution in [-0.2, 0) is 19.2 Å². The summed E-state index contributed by atoms with van der Waals surface area (Å²) in [5, 5.41) is 29.7. The molecular weight excluding hydrogens is 416 g/mol. The van der Waals surface area contributed by atoms with Crippen LogP contribution in [0.5, 0.6) is 0 Å². The summed E-state index contributed by atoms with van der Waals surface area (Å²) in [4.78, 5) is 36.0. The molecule has 10 nitrogen and oxygen atoms in total. The number of carboxylic acid groups (broad SMARTS) is 4. The predicted molar refractivity (Wildman–Crippen MR) is 71.3 cm³/mol. The van der Waals surface area contributed by atoms with Gasteiger partial charge in [0, 0.05) is 82.5 Å². The van der Waals surface area contributed by atoms with Gasteiger partial charge in [-0.3, -0.25) is 19.2 Å². The predicted octanol–water partition coefficient (Wildman–Crippen LogP) is -0.733. The van der Waals surface area contributed by atoms with E-state index in [1.807, 2.05) is 0 Å². The second kappa shape index (κ2) is 36.5. The minimum absolute atomic E-state index is 0. The van der Waals surface area contributed by atoms with E-state index in [-0.39, 0.29) is 41.7 Å². The minimum Gasteiger partial charge on any atom is -0.481 e. The van der Waals surface area contributed by atoms with Crippen molar-refractivity contribution in [1.82, 2.24) is 0 Å². The molecule has 8 N–H and O–H groups in total. The van der Waals surface area contributed by atoms with Crippen molar-refractivity contribution in [2.45, 2.75) is 27.7 Å². The van der Waals surface area contributed by atoms with Crippen LogP contribution in [0.1, 0.15) is 27.7 Å². The quantitative estimate of drug-likeness (QED) is 0.302. The Labute approximate surface area is 156 Å². The summed E-state index contributed by atoms with van der Waals surface area (Å²) in [7, 11) is 0. The molecular formula is C10H24CeN2O8. The number of nitrogens with two attached hydrogens (primary N) is 2. The van der Waals surface area contributed by atoms with Crippen molar-refractivity contribution in [2.24, 2.45) is 11.5 Å². The molecule has 0 aromatic rings. The second-order valence-electron chi connectivity index (χ2n) is 2.65. The van der Waals surface area contributed by atoms with Crippen LogP contribution in [0, 0.1) is 41.7 Å². The van der Waals surface area contributed by atoms with Gasteiger partial charge in [-0.25, -0.2) is 0 Å². The smallest absolute Gasteiger partial charge is 0.300 e. The number of hydrogen-bond donors (Lipinski definition) is 6. The normalized spacial score (nSPS) is 6.19. The van der Waals surface area contributed by atoms with Crippen LogP contribution in [0.3, 0.4) is 0 Å². The molecule has 0 fully saturated rings. The molecule has 126 valence electrons. The van der Waals surface area contributed by atoms with Crippen LogP contribution in [0.15, 0.2) is 0 Å². The maximum atomic E-state index is 9.00. The molecule has 0 aliphatic rings. The van der Waals surface area contributed by atoms with Crippen LogP contribution in [-0.4, -0.2) is 57.4 Å². The third-order valence-electron chi connectivity index (χ3n) is 0.167. The Bertz CT molecular complexity index is 195. The van der Waals surface area contributed by atoms with E-state index in [4.69, 9.17) is 51.1 Å². The summed E-state index contributed by atoms with van der Waals surface area (Å²) in [5.41, 5.74) is 9.81. The summed E-state index contributed by atoms with van der Waals surface area (Å²) in [6.07, 6.45) is 0. The summed E-state index contributed by atoms with van der Waals surface area (Å²) in [6, 6.07) is 0. The van der Waals surface area contributed by atoms with Crippen molar-refractivity contribution in [2.75, 3.05) is 13.1 Å². The molecule has 0 rings (SSSR count). The number of hydrogen-bond acceptors (Lipinski definition) is 6. The van der Waals surface area contributed by atoms with E-state index in [1.54, 1.807) is 0 Å². The molecule has 0 spiro atoms. The second-order valence-corrected chi connectivity index (χ2v) is 2.65. The van der Waals surface area contributed by atoms with Crippen LogP contribution >= 0.6 is 0 Å². The molecule has 0 unspecified atom stereocenters. The van der Waals surface area contributed by atoms with Gasteiger partial charge >= 0.3 is 0 Å². The van der Waals surface area contributed by atoms with E-state index in [9.17, 15) is 0 Å². The average molecular weight is 440 g/mol. The molecule has 0 saturated carbocycles. The van der Waals surface area contributed by atoms with Gasteiger partial charge in [0.1, 0.15) is 0 Å². The van der Waals surface area contributed by atoms with Gasteiger partial charge in [0.05, 0.1) is 0 Å². The molecule has 0 radical (unpaired) electrons. The molecule has 21 heavy (non-hydrogen) atoms. The van der Waals surface area contributed by atoms with Gasteiger partial charge in [-0.15, -0.1) is 0 Å². The third kappa shape index (κ3) is 181000. The average Bonchev–Trinajstić information content (AvgIpc) is 2.13. The maximum absolute atomic E-state index is 9.00. The Morgan fingerprint density at radius 2 is 0.667 bits per heavy atom. The fourth-order valence-corrected chi connectivity index (χ4v) is 0. The summed E-state index contributed by atoms with van der Waals surface area (Å²) in [5.74, 6) is -3.33. The number of carbonyl (C=O) groups is 4. The summed E-state index contributed by atoms with van der Waals surface area (Å²) >= 11 is 0. The molecule has 11 heteroatoms. The fraction of sp³-hybridized carbons (Fsp3) is 0.600. The zero-order valence-electron chi connectivity index (χ0n) is 12.5. The van der Waals surface area contributed by atoms with E-state index in [0.717, 1.165) is 27.7 Å². The van der Waals surface area contributed by atoms with Gasteiger partial charge in [0.25, 0.3) is 23.9 Å². The summed E-state index contributed by atoms with van der Waals surface area (Å²) in [6.45, 7) is 5.53. The topological polar surface area (TPSA) is 201 Å². The molecule has 0 aromatic carbocycles. The molecule has 0 amide bonds. The minimum atomic E-state index is -0.833. The van der Waals surface area contributed by atoms with Crippen molar-refractivity contribution in [1.29, 1.82) is 0 Å². The number of aliphatic carboxylic acids is 4. The van der Waals surface area contributed by atoms with Gasteiger partial charge in [0.2, 0.25) is 0 Å². The molecule has 0 heterocycles. The van der Waals surface area contributed by atoms with Crippen molar-refractivity contribution in [3.05, 3.63) is 0 Å². The van der Waals surface area contributed by atoms with Gasteiger partial charge in [-0.1, -0.05) is 0 Å². The van der Waals surface area contributed by atoms with E-state index in [0.29, 0.717) is 13.1 Å². The molecule has 0 bridgehead atoms. The summed E-state index contributed by atoms with van der Waals surface area (Å²) < 4.78 is 0. The van der Waals surface area contributed by atoms with E-state index in [1.165, 1.54) is 0 Å². The van der Waals surface area contributed by atoms with Crippen molar-refractivity contribution in [3.8, 4) is 0 Å². The van der Waals surface area contributed by atoms with E-state index < -0.39 is 23.9 Å². The first-order valence-electron chi connectivity index (χ1n) is 5.03. The zero-order valence-corrected chi connectivity index (χ0v) is 15.6. The Morgan fingerprint density at radius 3 is 0.667 bits per heavy atom. The van der Waals surface area contributed by atoms with Gasteiger partial charge in [-0.2, -0.15) is 0 Å². The van der Waals surface area contributed by atoms with Gasteiger partial charge < -0.3 is 31.9 Å². The zero-order chi connectivity index (χ0) is 17.7.